The summed E-state index contributed by atoms with van der Waals surface area (Å²) in [6.45, 7) is 4.25. The lowest BCUT2D eigenvalue weighted by atomic mass is 9.90. The predicted octanol–water partition coefficient (Wildman–Crippen LogP) is 3.57. The van der Waals surface area contributed by atoms with Crippen LogP contribution in [-0.4, -0.2) is 27.6 Å². The third-order valence-corrected chi connectivity index (χ3v) is 4.74. The van der Waals surface area contributed by atoms with Crippen molar-refractivity contribution in [2.24, 2.45) is 0 Å². The monoisotopic (exact) mass is 354 g/mol. The fourth-order valence-corrected chi connectivity index (χ4v) is 3.48. The van der Waals surface area contributed by atoms with Gasteiger partial charge in [0.25, 0.3) is 5.91 Å². The summed E-state index contributed by atoms with van der Waals surface area (Å²) in [4.78, 5) is 20.4. The summed E-state index contributed by atoms with van der Waals surface area (Å²) in [7, 11) is 1.40. The Kier molecular flexibility index (Phi) is 3.61. The van der Waals surface area contributed by atoms with Crippen LogP contribution in [0, 0.1) is 5.82 Å². The van der Waals surface area contributed by atoms with E-state index in [0.717, 1.165) is 23.5 Å². The highest BCUT2D eigenvalue weighted by Crippen LogP contribution is 2.38. The third-order valence-electron chi connectivity index (χ3n) is 4.74. The summed E-state index contributed by atoms with van der Waals surface area (Å²) >= 11 is 0. The highest BCUT2D eigenvalue weighted by molar-refractivity contribution is 6.08. The molecule has 0 bridgehead atoms. The van der Waals surface area contributed by atoms with Gasteiger partial charge in [0.2, 0.25) is 0 Å². The van der Waals surface area contributed by atoms with E-state index in [1.807, 2.05) is 6.20 Å². The van der Waals surface area contributed by atoms with Crippen molar-refractivity contribution in [2.75, 3.05) is 12.4 Å². The van der Waals surface area contributed by atoms with Crippen molar-refractivity contribution in [3.05, 3.63) is 53.9 Å². The Hall–Kier alpha value is -3.09. The van der Waals surface area contributed by atoms with Crippen molar-refractivity contribution in [3.63, 3.8) is 0 Å². The van der Waals surface area contributed by atoms with Gasteiger partial charge in [0, 0.05) is 48.0 Å². The number of amides is 1. The molecule has 0 radical (unpaired) electrons. The van der Waals surface area contributed by atoms with E-state index in [2.05, 4.69) is 33.7 Å². The van der Waals surface area contributed by atoms with Gasteiger partial charge in [-0.15, -0.1) is 0 Å². The van der Waals surface area contributed by atoms with Gasteiger partial charge in [-0.1, -0.05) is 0 Å². The third kappa shape index (κ3) is 2.47. The molecule has 0 aliphatic carbocycles. The molecule has 3 aromatic rings. The average molecular weight is 354 g/mol. The van der Waals surface area contributed by atoms with Crippen LogP contribution >= 0.6 is 0 Å². The summed E-state index contributed by atoms with van der Waals surface area (Å²) < 4.78 is 20.8. The molecule has 1 amide bonds. The zero-order valence-corrected chi connectivity index (χ0v) is 14.8. The zero-order valence-electron chi connectivity index (χ0n) is 14.8. The number of anilines is 1. The van der Waals surface area contributed by atoms with Crippen LogP contribution in [0.15, 0.2) is 36.8 Å². The lowest BCUT2D eigenvalue weighted by Crippen LogP contribution is -2.33. The maximum Gasteiger partial charge on any atom is 0.257 e. The summed E-state index contributed by atoms with van der Waals surface area (Å²) in [5.41, 5.74) is 2.48. The SMILES string of the molecule is COc1ccc(NC(=O)c2c[nH]c3c2-c2nccn2C(C)(C)C3)cc1F. The van der Waals surface area contributed by atoms with E-state index in [0.29, 0.717) is 11.3 Å². The van der Waals surface area contributed by atoms with Gasteiger partial charge in [0.15, 0.2) is 11.6 Å². The molecule has 6 nitrogen and oxygen atoms in total. The molecular weight excluding hydrogens is 335 g/mol. The lowest BCUT2D eigenvalue weighted by molar-refractivity contribution is 0.102. The Labute approximate surface area is 150 Å². The fourth-order valence-electron chi connectivity index (χ4n) is 3.48. The van der Waals surface area contributed by atoms with E-state index in [1.54, 1.807) is 18.5 Å². The number of fused-ring (bicyclic) bond motifs is 3. The minimum Gasteiger partial charge on any atom is -0.494 e. The molecule has 1 aliphatic rings. The number of H-pyrrole nitrogens is 1. The molecule has 1 aliphatic heterocycles. The van der Waals surface area contributed by atoms with Gasteiger partial charge in [-0.2, -0.15) is 0 Å². The van der Waals surface area contributed by atoms with Crippen LogP contribution in [0.1, 0.15) is 29.9 Å². The molecule has 2 N–H and O–H groups in total. The van der Waals surface area contributed by atoms with E-state index < -0.39 is 5.82 Å². The number of aromatic amines is 1. The predicted molar refractivity (Wildman–Crippen MR) is 95.9 cm³/mol. The fraction of sp³-hybridized carbons (Fsp3) is 0.263. The first-order valence-electron chi connectivity index (χ1n) is 8.30. The number of methoxy groups -OCH3 is 1. The minimum absolute atomic E-state index is 0.128. The number of benzene rings is 1. The van der Waals surface area contributed by atoms with Crippen molar-refractivity contribution < 1.29 is 13.9 Å². The Balaban J connectivity index is 1.68. The molecule has 0 saturated heterocycles. The number of rotatable bonds is 3. The first kappa shape index (κ1) is 16.4. The molecule has 2 aromatic heterocycles. The number of carbonyl (C=O) groups excluding carboxylic acids is 1. The largest absolute Gasteiger partial charge is 0.494 e. The Morgan fingerprint density at radius 2 is 2.23 bits per heavy atom. The number of ether oxygens (including phenoxy) is 1. The number of aromatic nitrogens is 3. The van der Waals surface area contributed by atoms with Crippen LogP contribution < -0.4 is 10.1 Å². The topological polar surface area (TPSA) is 71.9 Å². The number of carbonyl (C=O) groups is 1. The molecule has 0 spiro atoms. The van der Waals surface area contributed by atoms with E-state index in [-0.39, 0.29) is 17.2 Å². The van der Waals surface area contributed by atoms with Crippen molar-refractivity contribution in [2.45, 2.75) is 25.8 Å². The molecule has 7 heteroatoms. The maximum atomic E-state index is 13.9. The summed E-state index contributed by atoms with van der Waals surface area (Å²) in [5, 5.41) is 2.74. The van der Waals surface area contributed by atoms with Gasteiger partial charge in [-0.05, 0) is 26.0 Å². The number of nitrogens with one attached hydrogen (secondary N) is 2. The van der Waals surface area contributed by atoms with Gasteiger partial charge >= 0.3 is 0 Å². The quantitative estimate of drug-likeness (QED) is 0.755. The van der Waals surface area contributed by atoms with Gasteiger partial charge in [0.1, 0.15) is 5.82 Å². The second-order valence-corrected chi connectivity index (χ2v) is 6.97. The van der Waals surface area contributed by atoms with Gasteiger partial charge in [-0.3, -0.25) is 4.79 Å². The molecule has 0 fully saturated rings. The molecule has 1 aromatic carbocycles. The number of imidazole rings is 1. The second-order valence-electron chi connectivity index (χ2n) is 6.97. The van der Waals surface area contributed by atoms with E-state index >= 15 is 0 Å². The molecule has 134 valence electrons. The van der Waals surface area contributed by atoms with E-state index in [9.17, 15) is 9.18 Å². The second kappa shape index (κ2) is 5.72. The minimum atomic E-state index is -0.529. The van der Waals surface area contributed by atoms with Crippen molar-refractivity contribution in [1.29, 1.82) is 0 Å². The van der Waals surface area contributed by atoms with Gasteiger partial charge in [0.05, 0.1) is 18.2 Å². The van der Waals surface area contributed by atoms with Crippen molar-refractivity contribution in [1.82, 2.24) is 14.5 Å². The first-order valence-corrected chi connectivity index (χ1v) is 8.30. The molecule has 0 saturated carbocycles. The van der Waals surface area contributed by atoms with Crippen LogP contribution in [0.5, 0.6) is 5.75 Å². The summed E-state index contributed by atoms with van der Waals surface area (Å²) in [6.07, 6.45) is 6.10. The number of hydrogen-bond acceptors (Lipinski definition) is 3. The Bertz CT molecular complexity index is 1000. The smallest absolute Gasteiger partial charge is 0.257 e. The van der Waals surface area contributed by atoms with Crippen LogP contribution in [0.4, 0.5) is 10.1 Å². The van der Waals surface area contributed by atoms with Crippen LogP contribution in [0.2, 0.25) is 0 Å². The summed E-state index contributed by atoms with van der Waals surface area (Å²) in [6, 6.07) is 4.32. The first-order chi connectivity index (χ1) is 12.4. The molecule has 0 unspecified atom stereocenters. The molecule has 3 heterocycles. The highest BCUT2D eigenvalue weighted by Gasteiger charge is 2.34. The molecule has 0 atom stereocenters. The van der Waals surface area contributed by atoms with E-state index in [4.69, 9.17) is 4.74 Å². The number of halogens is 1. The van der Waals surface area contributed by atoms with Crippen LogP contribution in [0.25, 0.3) is 11.4 Å². The Morgan fingerprint density at radius 1 is 1.42 bits per heavy atom. The highest BCUT2D eigenvalue weighted by atomic mass is 19.1. The Morgan fingerprint density at radius 3 is 2.96 bits per heavy atom. The molecule has 26 heavy (non-hydrogen) atoms. The van der Waals surface area contributed by atoms with E-state index in [1.165, 1.54) is 19.2 Å². The standard InChI is InChI=1S/C19H19FN4O2/c1-19(2)9-14-16(17-21-6-7-24(17)19)12(10-22-14)18(25)23-11-4-5-15(26-3)13(20)8-11/h4-8,10,22H,9H2,1-3H3,(H,23,25). The van der Waals surface area contributed by atoms with Crippen molar-refractivity contribution in [3.8, 4) is 17.1 Å². The molecule has 4 rings (SSSR count). The van der Waals surface area contributed by atoms with Crippen LogP contribution in [0.3, 0.4) is 0 Å². The maximum absolute atomic E-state index is 13.9. The number of hydrogen-bond donors (Lipinski definition) is 2. The summed E-state index contributed by atoms with van der Waals surface area (Å²) in [5.74, 6) is 0.0369. The van der Waals surface area contributed by atoms with Crippen LogP contribution in [-0.2, 0) is 12.0 Å². The van der Waals surface area contributed by atoms with Gasteiger partial charge in [-0.25, -0.2) is 9.37 Å². The number of nitrogens with zero attached hydrogens (tertiary/aromatic N) is 2. The molecular formula is C19H19FN4O2. The lowest BCUT2D eigenvalue weighted by Gasteiger charge is -2.32. The zero-order chi connectivity index (χ0) is 18.5. The van der Waals surface area contributed by atoms with Gasteiger partial charge < -0.3 is 19.6 Å². The normalized spacial score (nSPS) is 14.5. The average Bonchev–Trinajstić information content (AvgIpc) is 3.21. The van der Waals surface area contributed by atoms with Crippen molar-refractivity contribution >= 4 is 11.6 Å².